The normalized spacial score (nSPS) is 10.4. The summed E-state index contributed by atoms with van der Waals surface area (Å²) in [5.41, 5.74) is 0. The Morgan fingerprint density at radius 3 is 2.82 bits per heavy atom. The van der Waals surface area contributed by atoms with Gasteiger partial charge in [-0.25, -0.2) is 0 Å². The highest BCUT2D eigenvalue weighted by atomic mass is 32.1. The quantitative estimate of drug-likeness (QED) is 0.688. The Labute approximate surface area is 69.8 Å². The standard InChI is InChI=1S/C7H12N2OS/c1-3-5-9-6(4-2)8-11-7(9)10/h3-5H2,1-2H3. The van der Waals surface area contributed by atoms with Crippen molar-refractivity contribution in [1.29, 1.82) is 0 Å². The predicted molar refractivity (Wildman–Crippen MR) is 46.0 cm³/mol. The molecule has 0 aliphatic carbocycles. The van der Waals surface area contributed by atoms with Crippen molar-refractivity contribution in [2.45, 2.75) is 33.2 Å². The maximum absolute atomic E-state index is 11.1. The summed E-state index contributed by atoms with van der Waals surface area (Å²) in [7, 11) is 0. The van der Waals surface area contributed by atoms with Crippen molar-refractivity contribution in [3.63, 3.8) is 0 Å². The molecule has 0 saturated carbocycles. The van der Waals surface area contributed by atoms with Crippen molar-refractivity contribution in [2.24, 2.45) is 0 Å². The number of aryl methyl sites for hydroxylation is 1. The monoisotopic (exact) mass is 172 g/mol. The molecule has 0 unspecified atom stereocenters. The van der Waals surface area contributed by atoms with Crippen molar-refractivity contribution >= 4 is 11.5 Å². The van der Waals surface area contributed by atoms with Crippen LogP contribution in [0.25, 0.3) is 0 Å². The first-order chi connectivity index (χ1) is 5.29. The second-order valence-corrected chi connectivity index (χ2v) is 3.08. The highest BCUT2D eigenvalue weighted by Gasteiger charge is 2.03. The van der Waals surface area contributed by atoms with E-state index in [2.05, 4.69) is 11.3 Å². The van der Waals surface area contributed by atoms with Crippen molar-refractivity contribution in [3.8, 4) is 0 Å². The van der Waals surface area contributed by atoms with Crippen LogP contribution in [0.3, 0.4) is 0 Å². The van der Waals surface area contributed by atoms with Crippen LogP contribution in [0.4, 0.5) is 0 Å². The fraction of sp³-hybridized carbons (Fsp3) is 0.714. The smallest absolute Gasteiger partial charge is 0.286 e. The van der Waals surface area contributed by atoms with Gasteiger partial charge in [-0.05, 0) is 6.42 Å². The van der Waals surface area contributed by atoms with E-state index in [9.17, 15) is 4.79 Å². The second-order valence-electron chi connectivity index (χ2n) is 2.37. The maximum Gasteiger partial charge on any atom is 0.326 e. The largest absolute Gasteiger partial charge is 0.326 e. The van der Waals surface area contributed by atoms with Gasteiger partial charge >= 0.3 is 4.87 Å². The van der Waals surface area contributed by atoms with Gasteiger partial charge in [0.1, 0.15) is 5.82 Å². The van der Waals surface area contributed by atoms with E-state index in [0.717, 1.165) is 36.7 Å². The lowest BCUT2D eigenvalue weighted by molar-refractivity contribution is 0.627. The van der Waals surface area contributed by atoms with E-state index in [0.29, 0.717) is 0 Å². The fourth-order valence-corrected chi connectivity index (χ4v) is 1.70. The molecule has 0 atom stereocenters. The first-order valence-electron chi connectivity index (χ1n) is 3.85. The lowest BCUT2D eigenvalue weighted by atomic mass is 10.4. The van der Waals surface area contributed by atoms with Gasteiger partial charge in [-0.1, -0.05) is 13.8 Å². The summed E-state index contributed by atoms with van der Waals surface area (Å²) in [5, 5.41) is 0. The minimum Gasteiger partial charge on any atom is -0.286 e. The SMILES string of the molecule is CCCn1c(CC)nsc1=O. The number of rotatable bonds is 3. The molecular weight excluding hydrogens is 160 g/mol. The van der Waals surface area contributed by atoms with Crippen LogP contribution in [0.2, 0.25) is 0 Å². The average Bonchev–Trinajstić information content (AvgIpc) is 2.34. The Kier molecular flexibility index (Phi) is 2.82. The number of aromatic nitrogens is 2. The van der Waals surface area contributed by atoms with Gasteiger partial charge in [-0.2, -0.15) is 4.37 Å². The summed E-state index contributed by atoms with van der Waals surface area (Å²) in [6, 6.07) is 0. The third-order valence-electron chi connectivity index (χ3n) is 1.52. The molecule has 0 N–H and O–H groups in total. The molecule has 0 bridgehead atoms. The van der Waals surface area contributed by atoms with Crippen LogP contribution in [0.15, 0.2) is 4.79 Å². The van der Waals surface area contributed by atoms with Gasteiger partial charge in [-0.15, -0.1) is 0 Å². The van der Waals surface area contributed by atoms with Crippen LogP contribution in [-0.4, -0.2) is 8.94 Å². The van der Waals surface area contributed by atoms with E-state index in [4.69, 9.17) is 0 Å². The molecular formula is C7H12N2OS. The third-order valence-corrected chi connectivity index (χ3v) is 2.20. The van der Waals surface area contributed by atoms with Crippen LogP contribution in [0.1, 0.15) is 26.1 Å². The molecule has 1 rings (SSSR count). The van der Waals surface area contributed by atoms with E-state index >= 15 is 0 Å². The molecule has 11 heavy (non-hydrogen) atoms. The van der Waals surface area contributed by atoms with Gasteiger partial charge in [0.2, 0.25) is 0 Å². The van der Waals surface area contributed by atoms with Crippen LogP contribution in [0, 0.1) is 0 Å². The van der Waals surface area contributed by atoms with Gasteiger partial charge < -0.3 is 0 Å². The maximum atomic E-state index is 11.1. The first kappa shape index (κ1) is 8.46. The van der Waals surface area contributed by atoms with E-state index in [1.165, 1.54) is 0 Å². The van der Waals surface area contributed by atoms with Gasteiger partial charge in [0.25, 0.3) is 0 Å². The Morgan fingerprint density at radius 2 is 2.27 bits per heavy atom. The first-order valence-corrected chi connectivity index (χ1v) is 4.62. The summed E-state index contributed by atoms with van der Waals surface area (Å²) in [6.07, 6.45) is 1.84. The predicted octanol–water partition coefficient (Wildman–Crippen LogP) is 1.28. The number of nitrogens with zero attached hydrogens (tertiary/aromatic N) is 2. The number of hydrogen-bond acceptors (Lipinski definition) is 3. The topological polar surface area (TPSA) is 34.9 Å². The lowest BCUT2D eigenvalue weighted by Gasteiger charge is -1.99. The van der Waals surface area contributed by atoms with E-state index in [-0.39, 0.29) is 4.87 Å². The van der Waals surface area contributed by atoms with Crippen molar-refractivity contribution < 1.29 is 0 Å². The number of hydrogen-bond donors (Lipinski definition) is 0. The molecule has 0 aromatic carbocycles. The van der Waals surface area contributed by atoms with E-state index in [1.807, 2.05) is 6.92 Å². The Hall–Kier alpha value is -0.640. The molecule has 0 amide bonds. The molecule has 3 nitrogen and oxygen atoms in total. The van der Waals surface area contributed by atoms with Gasteiger partial charge in [-0.3, -0.25) is 9.36 Å². The van der Waals surface area contributed by atoms with Crippen LogP contribution >= 0.6 is 11.5 Å². The zero-order chi connectivity index (χ0) is 8.27. The molecule has 0 spiro atoms. The van der Waals surface area contributed by atoms with Crippen LogP contribution in [0.5, 0.6) is 0 Å². The summed E-state index contributed by atoms with van der Waals surface area (Å²) in [5.74, 6) is 0.918. The fourth-order valence-electron chi connectivity index (χ4n) is 0.995. The van der Waals surface area contributed by atoms with Gasteiger partial charge in [0, 0.05) is 24.5 Å². The molecule has 1 aromatic heterocycles. The molecule has 0 aliphatic heterocycles. The van der Waals surface area contributed by atoms with Crippen LogP contribution < -0.4 is 4.87 Å². The molecule has 62 valence electrons. The van der Waals surface area contributed by atoms with Crippen molar-refractivity contribution in [1.82, 2.24) is 8.94 Å². The Balaban J connectivity index is 2.97. The minimum atomic E-state index is 0.0729. The Bertz CT molecular complexity index is 276. The summed E-state index contributed by atoms with van der Waals surface area (Å²) >= 11 is 1.05. The highest BCUT2D eigenvalue weighted by molar-refractivity contribution is 7.02. The molecule has 0 fully saturated rings. The molecule has 1 aromatic rings. The molecule has 0 radical (unpaired) electrons. The van der Waals surface area contributed by atoms with E-state index < -0.39 is 0 Å². The van der Waals surface area contributed by atoms with Gasteiger partial charge in [0.15, 0.2) is 0 Å². The van der Waals surface area contributed by atoms with Gasteiger partial charge in [0.05, 0.1) is 0 Å². The molecule has 0 aliphatic rings. The molecule has 0 saturated heterocycles. The zero-order valence-corrected chi connectivity index (χ0v) is 7.65. The Morgan fingerprint density at radius 1 is 1.55 bits per heavy atom. The van der Waals surface area contributed by atoms with Crippen LogP contribution in [-0.2, 0) is 13.0 Å². The zero-order valence-electron chi connectivity index (χ0n) is 6.83. The summed E-state index contributed by atoms with van der Waals surface area (Å²) in [6.45, 7) is 4.88. The highest BCUT2D eigenvalue weighted by Crippen LogP contribution is 1.97. The second kappa shape index (κ2) is 3.67. The molecule has 1 heterocycles. The molecule has 4 heteroatoms. The van der Waals surface area contributed by atoms with Crippen molar-refractivity contribution in [3.05, 3.63) is 15.5 Å². The average molecular weight is 172 g/mol. The summed E-state index contributed by atoms with van der Waals surface area (Å²) in [4.78, 5) is 11.2. The van der Waals surface area contributed by atoms with E-state index in [1.54, 1.807) is 4.57 Å². The third kappa shape index (κ3) is 1.68. The minimum absolute atomic E-state index is 0.0729. The summed E-state index contributed by atoms with van der Waals surface area (Å²) < 4.78 is 5.80. The lowest BCUT2D eigenvalue weighted by Crippen LogP contribution is -2.15. The van der Waals surface area contributed by atoms with Crippen molar-refractivity contribution in [2.75, 3.05) is 0 Å².